The molecule has 0 amide bonds. The van der Waals surface area contributed by atoms with Gasteiger partial charge in [0.25, 0.3) is 0 Å². The van der Waals surface area contributed by atoms with Gasteiger partial charge in [-0.05, 0) is 24.5 Å². The molecule has 3 heteroatoms. The zero-order valence-corrected chi connectivity index (χ0v) is 11.5. The predicted molar refractivity (Wildman–Crippen MR) is 79.6 cm³/mol. The molecule has 0 heterocycles. The number of carbonyl (C=O) groups is 1. The van der Waals surface area contributed by atoms with Crippen LogP contribution in [0.4, 0.5) is 0 Å². The molecule has 0 radical (unpaired) electrons. The Morgan fingerprint density at radius 2 is 1.60 bits per heavy atom. The van der Waals surface area contributed by atoms with E-state index in [1.165, 1.54) is 0 Å². The molecule has 0 aromatic heterocycles. The number of nitrogens with one attached hydrogen (secondary N) is 1. The molecule has 2 atom stereocenters. The van der Waals surface area contributed by atoms with Gasteiger partial charge in [0.05, 0.1) is 0 Å². The van der Waals surface area contributed by atoms with Gasteiger partial charge in [0.15, 0.2) is 0 Å². The van der Waals surface area contributed by atoms with Crippen LogP contribution in [0.2, 0.25) is 0 Å². The largest absolute Gasteiger partial charge is 0.480 e. The van der Waals surface area contributed by atoms with Gasteiger partial charge < -0.3 is 5.11 Å². The molecule has 20 heavy (non-hydrogen) atoms. The third-order valence-electron chi connectivity index (χ3n) is 3.33. The molecule has 2 unspecified atom stereocenters. The highest BCUT2D eigenvalue weighted by Crippen LogP contribution is 2.13. The van der Waals surface area contributed by atoms with E-state index in [-0.39, 0.29) is 6.04 Å². The maximum Gasteiger partial charge on any atom is 0.321 e. The van der Waals surface area contributed by atoms with Crippen molar-refractivity contribution >= 4 is 5.97 Å². The maximum atomic E-state index is 11.4. The standard InChI is InChI=1S/C17H19NO2/c1-13(15-10-6-3-7-11-15)18-16(17(19)20)12-14-8-4-2-5-9-14/h2-11,13,16,18H,12H2,1H3,(H,19,20). The summed E-state index contributed by atoms with van der Waals surface area (Å²) in [5.74, 6) is -0.823. The van der Waals surface area contributed by atoms with E-state index in [0.29, 0.717) is 6.42 Å². The van der Waals surface area contributed by atoms with Crippen LogP contribution in [0.1, 0.15) is 24.1 Å². The van der Waals surface area contributed by atoms with Gasteiger partial charge in [-0.2, -0.15) is 0 Å². The van der Waals surface area contributed by atoms with Gasteiger partial charge >= 0.3 is 5.97 Å². The van der Waals surface area contributed by atoms with Crippen molar-refractivity contribution in [1.29, 1.82) is 0 Å². The van der Waals surface area contributed by atoms with Gasteiger partial charge in [0, 0.05) is 6.04 Å². The number of aliphatic carboxylic acids is 1. The Morgan fingerprint density at radius 3 is 2.15 bits per heavy atom. The molecule has 2 rings (SSSR count). The number of benzene rings is 2. The molecule has 0 fully saturated rings. The van der Waals surface area contributed by atoms with Crippen molar-refractivity contribution in [3.05, 3.63) is 71.8 Å². The van der Waals surface area contributed by atoms with E-state index in [9.17, 15) is 9.90 Å². The Labute approximate surface area is 119 Å². The lowest BCUT2D eigenvalue weighted by molar-refractivity contribution is -0.139. The van der Waals surface area contributed by atoms with Gasteiger partial charge in [0.1, 0.15) is 6.04 Å². The van der Waals surface area contributed by atoms with E-state index in [1.807, 2.05) is 67.6 Å². The van der Waals surface area contributed by atoms with E-state index in [2.05, 4.69) is 5.32 Å². The molecule has 0 aliphatic rings. The molecule has 0 bridgehead atoms. The van der Waals surface area contributed by atoms with E-state index in [0.717, 1.165) is 11.1 Å². The van der Waals surface area contributed by atoms with Crippen molar-refractivity contribution in [2.24, 2.45) is 0 Å². The van der Waals surface area contributed by atoms with Gasteiger partial charge in [-0.15, -0.1) is 0 Å². The maximum absolute atomic E-state index is 11.4. The van der Waals surface area contributed by atoms with Gasteiger partial charge in [-0.25, -0.2) is 0 Å². The molecule has 2 N–H and O–H groups in total. The summed E-state index contributed by atoms with van der Waals surface area (Å²) < 4.78 is 0. The minimum atomic E-state index is -0.823. The minimum absolute atomic E-state index is 0.000937. The number of hydrogen-bond acceptors (Lipinski definition) is 2. The zero-order chi connectivity index (χ0) is 14.4. The first-order valence-electron chi connectivity index (χ1n) is 6.74. The fraction of sp³-hybridized carbons (Fsp3) is 0.235. The predicted octanol–water partition coefficient (Wildman–Crippen LogP) is 3.03. The molecule has 0 aliphatic heterocycles. The van der Waals surface area contributed by atoms with E-state index in [1.54, 1.807) is 0 Å². The average molecular weight is 269 g/mol. The number of carboxylic acid groups (broad SMARTS) is 1. The van der Waals surface area contributed by atoms with Crippen LogP contribution in [0.15, 0.2) is 60.7 Å². The van der Waals surface area contributed by atoms with Crippen molar-refractivity contribution in [2.75, 3.05) is 0 Å². The lowest BCUT2D eigenvalue weighted by atomic mass is 10.0. The Bertz CT molecular complexity index is 539. The highest BCUT2D eigenvalue weighted by atomic mass is 16.4. The van der Waals surface area contributed by atoms with E-state index in [4.69, 9.17) is 0 Å². The minimum Gasteiger partial charge on any atom is -0.480 e. The van der Waals surface area contributed by atoms with Gasteiger partial charge in [0.2, 0.25) is 0 Å². The lowest BCUT2D eigenvalue weighted by Gasteiger charge is -2.20. The Morgan fingerprint density at radius 1 is 1.05 bits per heavy atom. The second kappa shape index (κ2) is 6.87. The highest BCUT2D eigenvalue weighted by Gasteiger charge is 2.20. The molecule has 0 saturated heterocycles. The van der Waals surface area contributed by atoms with Crippen LogP contribution in [0.25, 0.3) is 0 Å². The van der Waals surface area contributed by atoms with E-state index < -0.39 is 12.0 Å². The second-order valence-corrected chi connectivity index (χ2v) is 4.88. The van der Waals surface area contributed by atoms with Crippen LogP contribution in [0.3, 0.4) is 0 Å². The second-order valence-electron chi connectivity index (χ2n) is 4.88. The fourth-order valence-corrected chi connectivity index (χ4v) is 2.21. The SMILES string of the molecule is CC(NC(Cc1ccccc1)C(=O)O)c1ccccc1. The third kappa shape index (κ3) is 3.93. The van der Waals surface area contributed by atoms with Crippen molar-refractivity contribution < 1.29 is 9.90 Å². The molecule has 2 aromatic carbocycles. The molecular weight excluding hydrogens is 250 g/mol. The van der Waals surface area contributed by atoms with Crippen molar-refractivity contribution in [3.8, 4) is 0 Å². The van der Waals surface area contributed by atoms with Crippen LogP contribution in [-0.2, 0) is 11.2 Å². The number of hydrogen-bond donors (Lipinski definition) is 2. The summed E-state index contributed by atoms with van der Waals surface area (Å²) in [6.07, 6.45) is 0.480. The molecule has 3 nitrogen and oxygen atoms in total. The Hall–Kier alpha value is -2.13. The summed E-state index contributed by atoms with van der Waals surface area (Å²) in [4.78, 5) is 11.4. The monoisotopic (exact) mass is 269 g/mol. The quantitative estimate of drug-likeness (QED) is 0.847. The summed E-state index contributed by atoms with van der Waals surface area (Å²) in [6, 6.07) is 19.0. The van der Waals surface area contributed by atoms with Crippen LogP contribution in [0, 0.1) is 0 Å². The summed E-state index contributed by atoms with van der Waals surface area (Å²) in [5.41, 5.74) is 2.11. The third-order valence-corrected chi connectivity index (χ3v) is 3.33. The highest BCUT2D eigenvalue weighted by molar-refractivity contribution is 5.74. The number of carboxylic acids is 1. The van der Waals surface area contributed by atoms with Gasteiger partial charge in [-0.1, -0.05) is 60.7 Å². The normalized spacial score (nSPS) is 13.7. The van der Waals surface area contributed by atoms with Crippen molar-refractivity contribution in [3.63, 3.8) is 0 Å². The van der Waals surface area contributed by atoms with Crippen molar-refractivity contribution in [1.82, 2.24) is 5.32 Å². The molecule has 2 aromatic rings. The van der Waals surface area contributed by atoms with Crippen molar-refractivity contribution in [2.45, 2.75) is 25.4 Å². The van der Waals surface area contributed by atoms with Crippen LogP contribution >= 0.6 is 0 Å². The first kappa shape index (κ1) is 14.3. The van der Waals surface area contributed by atoms with Crippen LogP contribution in [0.5, 0.6) is 0 Å². The lowest BCUT2D eigenvalue weighted by Crippen LogP contribution is -2.40. The number of rotatable bonds is 6. The molecular formula is C17H19NO2. The smallest absolute Gasteiger partial charge is 0.321 e. The summed E-state index contributed by atoms with van der Waals surface area (Å²) in [7, 11) is 0. The molecule has 0 aliphatic carbocycles. The summed E-state index contributed by atoms with van der Waals surface area (Å²) in [5, 5.41) is 12.5. The fourth-order valence-electron chi connectivity index (χ4n) is 2.21. The molecule has 0 saturated carbocycles. The average Bonchev–Trinajstić information content (AvgIpc) is 2.48. The summed E-state index contributed by atoms with van der Waals surface area (Å²) in [6.45, 7) is 1.98. The Kier molecular flexibility index (Phi) is 4.91. The van der Waals surface area contributed by atoms with Crippen LogP contribution in [-0.4, -0.2) is 17.1 Å². The Balaban J connectivity index is 2.05. The zero-order valence-electron chi connectivity index (χ0n) is 11.5. The first-order chi connectivity index (χ1) is 9.66. The molecule has 104 valence electrons. The summed E-state index contributed by atoms with van der Waals surface area (Å²) >= 11 is 0. The molecule has 0 spiro atoms. The first-order valence-corrected chi connectivity index (χ1v) is 6.74. The topological polar surface area (TPSA) is 49.3 Å². The van der Waals surface area contributed by atoms with Gasteiger partial charge in [-0.3, -0.25) is 10.1 Å². The van der Waals surface area contributed by atoms with Crippen LogP contribution < -0.4 is 5.32 Å². The van der Waals surface area contributed by atoms with E-state index >= 15 is 0 Å².